The fraction of sp³-hybridized carbons (Fsp3) is 1.00. The van der Waals surface area contributed by atoms with E-state index in [4.69, 9.17) is 5.11 Å². The standard InChI is InChI=1S/C8H18N2O3S/c1-7(2,3)9-14(12,13)10-8(6-11)4-5-8/h9-11H,4-6H2,1-3H3. The van der Waals surface area contributed by atoms with E-state index in [0.29, 0.717) is 12.8 Å². The summed E-state index contributed by atoms with van der Waals surface area (Å²) < 4.78 is 28.0. The Morgan fingerprint density at radius 1 is 1.36 bits per heavy atom. The van der Waals surface area contributed by atoms with E-state index in [-0.39, 0.29) is 6.61 Å². The van der Waals surface area contributed by atoms with Gasteiger partial charge in [-0.1, -0.05) is 0 Å². The lowest BCUT2D eigenvalue weighted by molar-refractivity contribution is 0.245. The van der Waals surface area contributed by atoms with Gasteiger partial charge in [0.2, 0.25) is 0 Å². The van der Waals surface area contributed by atoms with Gasteiger partial charge in [-0.25, -0.2) is 0 Å². The molecule has 5 nitrogen and oxygen atoms in total. The summed E-state index contributed by atoms with van der Waals surface area (Å²) >= 11 is 0. The minimum Gasteiger partial charge on any atom is -0.394 e. The maximum atomic E-state index is 11.5. The van der Waals surface area contributed by atoms with Crippen LogP contribution in [0.3, 0.4) is 0 Å². The van der Waals surface area contributed by atoms with Crippen LogP contribution in [-0.4, -0.2) is 31.2 Å². The predicted molar refractivity (Wildman–Crippen MR) is 54.0 cm³/mol. The van der Waals surface area contributed by atoms with Crippen LogP contribution in [0.15, 0.2) is 0 Å². The van der Waals surface area contributed by atoms with E-state index in [1.807, 2.05) is 0 Å². The lowest BCUT2D eigenvalue weighted by Crippen LogP contribution is -2.51. The lowest BCUT2D eigenvalue weighted by Gasteiger charge is -2.23. The minimum atomic E-state index is -3.51. The zero-order chi connectivity index (χ0) is 11.0. The molecule has 1 rings (SSSR count). The van der Waals surface area contributed by atoms with Gasteiger partial charge in [-0.2, -0.15) is 17.9 Å². The van der Waals surface area contributed by atoms with Gasteiger partial charge < -0.3 is 5.11 Å². The third-order valence-electron chi connectivity index (χ3n) is 1.95. The third-order valence-corrected chi connectivity index (χ3v) is 3.53. The van der Waals surface area contributed by atoms with Crippen LogP contribution < -0.4 is 9.44 Å². The first kappa shape index (κ1) is 11.9. The van der Waals surface area contributed by atoms with Crippen LogP contribution in [0, 0.1) is 0 Å². The molecule has 0 unspecified atom stereocenters. The van der Waals surface area contributed by atoms with Gasteiger partial charge >= 0.3 is 0 Å². The molecule has 0 saturated heterocycles. The molecule has 0 heterocycles. The molecule has 0 amide bonds. The number of aliphatic hydroxyl groups excluding tert-OH is 1. The highest BCUT2D eigenvalue weighted by atomic mass is 32.2. The maximum Gasteiger partial charge on any atom is 0.277 e. The highest BCUT2D eigenvalue weighted by Gasteiger charge is 2.45. The van der Waals surface area contributed by atoms with Crippen molar-refractivity contribution in [3.8, 4) is 0 Å². The van der Waals surface area contributed by atoms with E-state index in [2.05, 4.69) is 9.44 Å². The third kappa shape index (κ3) is 3.53. The largest absolute Gasteiger partial charge is 0.394 e. The highest BCUT2D eigenvalue weighted by Crippen LogP contribution is 2.35. The maximum absolute atomic E-state index is 11.5. The zero-order valence-electron chi connectivity index (χ0n) is 8.79. The van der Waals surface area contributed by atoms with Crippen LogP contribution in [0.5, 0.6) is 0 Å². The monoisotopic (exact) mass is 222 g/mol. The summed E-state index contributed by atoms with van der Waals surface area (Å²) in [5, 5.41) is 8.96. The highest BCUT2D eigenvalue weighted by molar-refractivity contribution is 7.87. The predicted octanol–water partition coefficient (Wildman–Crippen LogP) is -0.266. The Morgan fingerprint density at radius 3 is 2.14 bits per heavy atom. The molecule has 1 saturated carbocycles. The van der Waals surface area contributed by atoms with Crippen LogP contribution >= 0.6 is 0 Å². The first-order valence-electron chi connectivity index (χ1n) is 4.62. The van der Waals surface area contributed by atoms with Crippen molar-refractivity contribution in [3.05, 3.63) is 0 Å². The van der Waals surface area contributed by atoms with Crippen molar-refractivity contribution in [3.63, 3.8) is 0 Å². The van der Waals surface area contributed by atoms with Crippen LogP contribution in [-0.2, 0) is 10.2 Å². The molecule has 1 fully saturated rings. The van der Waals surface area contributed by atoms with E-state index < -0.39 is 21.3 Å². The number of hydrogen-bond acceptors (Lipinski definition) is 3. The molecule has 0 radical (unpaired) electrons. The SMILES string of the molecule is CC(C)(C)NS(=O)(=O)NC1(CO)CC1. The normalized spacial score (nSPS) is 20.9. The molecule has 0 aromatic carbocycles. The second-order valence-electron chi connectivity index (χ2n) is 4.90. The first-order chi connectivity index (χ1) is 6.18. The molecule has 6 heteroatoms. The fourth-order valence-electron chi connectivity index (χ4n) is 1.16. The molecule has 0 spiro atoms. The number of hydrogen-bond donors (Lipinski definition) is 3. The van der Waals surface area contributed by atoms with Gasteiger partial charge in [0, 0.05) is 5.54 Å². The first-order valence-corrected chi connectivity index (χ1v) is 6.10. The van der Waals surface area contributed by atoms with E-state index in [1.165, 1.54) is 0 Å². The number of aliphatic hydroxyl groups is 1. The zero-order valence-corrected chi connectivity index (χ0v) is 9.61. The molecule has 0 aromatic rings. The van der Waals surface area contributed by atoms with Crippen molar-refractivity contribution >= 4 is 10.2 Å². The summed E-state index contributed by atoms with van der Waals surface area (Å²) in [5.41, 5.74) is -1.10. The van der Waals surface area contributed by atoms with E-state index in [1.54, 1.807) is 20.8 Å². The fourth-order valence-corrected chi connectivity index (χ4v) is 2.85. The van der Waals surface area contributed by atoms with Crippen molar-refractivity contribution in [1.82, 2.24) is 9.44 Å². The van der Waals surface area contributed by atoms with Gasteiger partial charge in [0.1, 0.15) is 0 Å². The Balaban J connectivity index is 2.59. The van der Waals surface area contributed by atoms with E-state index >= 15 is 0 Å². The average molecular weight is 222 g/mol. The Labute approximate surface area is 85.1 Å². The van der Waals surface area contributed by atoms with Gasteiger partial charge in [-0.3, -0.25) is 0 Å². The molecular weight excluding hydrogens is 204 g/mol. The summed E-state index contributed by atoms with van der Waals surface area (Å²) in [7, 11) is -3.51. The Kier molecular flexibility index (Phi) is 2.93. The Bertz CT molecular complexity index is 301. The number of rotatable bonds is 4. The van der Waals surface area contributed by atoms with Crippen molar-refractivity contribution in [2.75, 3.05) is 6.61 Å². The molecule has 84 valence electrons. The van der Waals surface area contributed by atoms with Gasteiger partial charge in [0.15, 0.2) is 0 Å². The second-order valence-corrected chi connectivity index (χ2v) is 6.31. The molecule has 1 aliphatic rings. The Morgan fingerprint density at radius 2 is 1.86 bits per heavy atom. The molecule has 0 aromatic heterocycles. The summed E-state index contributed by atoms with van der Waals surface area (Å²) in [4.78, 5) is 0. The molecule has 0 atom stereocenters. The molecule has 0 aliphatic heterocycles. The van der Waals surface area contributed by atoms with Crippen LogP contribution in [0.1, 0.15) is 33.6 Å². The van der Waals surface area contributed by atoms with Crippen molar-refractivity contribution in [2.24, 2.45) is 0 Å². The van der Waals surface area contributed by atoms with Gasteiger partial charge in [0.25, 0.3) is 10.2 Å². The topological polar surface area (TPSA) is 78.4 Å². The van der Waals surface area contributed by atoms with Crippen LogP contribution in [0.4, 0.5) is 0 Å². The van der Waals surface area contributed by atoms with Crippen LogP contribution in [0.25, 0.3) is 0 Å². The van der Waals surface area contributed by atoms with Crippen molar-refractivity contribution < 1.29 is 13.5 Å². The lowest BCUT2D eigenvalue weighted by atomic mass is 10.1. The second kappa shape index (κ2) is 3.44. The Hall–Kier alpha value is -0.170. The smallest absolute Gasteiger partial charge is 0.277 e. The van der Waals surface area contributed by atoms with Gasteiger partial charge in [-0.05, 0) is 33.6 Å². The molecule has 1 aliphatic carbocycles. The summed E-state index contributed by atoms with van der Waals surface area (Å²) in [5.74, 6) is 0. The number of nitrogens with one attached hydrogen (secondary N) is 2. The summed E-state index contributed by atoms with van der Waals surface area (Å²) in [6, 6.07) is 0. The molecule has 14 heavy (non-hydrogen) atoms. The molecule has 3 N–H and O–H groups in total. The van der Waals surface area contributed by atoms with E-state index in [9.17, 15) is 8.42 Å². The molecule has 0 bridgehead atoms. The minimum absolute atomic E-state index is 0.141. The van der Waals surface area contributed by atoms with Crippen molar-refractivity contribution in [2.45, 2.75) is 44.7 Å². The van der Waals surface area contributed by atoms with E-state index in [0.717, 1.165) is 0 Å². The quantitative estimate of drug-likeness (QED) is 0.613. The van der Waals surface area contributed by atoms with Gasteiger partial charge in [-0.15, -0.1) is 0 Å². The summed E-state index contributed by atoms with van der Waals surface area (Å²) in [6.07, 6.45) is 1.41. The van der Waals surface area contributed by atoms with Crippen LogP contribution in [0.2, 0.25) is 0 Å². The average Bonchev–Trinajstić information content (AvgIpc) is 2.62. The molecular formula is C8H18N2O3S. The van der Waals surface area contributed by atoms with Crippen molar-refractivity contribution in [1.29, 1.82) is 0 Å². The van der Waals surface area contributed by atoms with Gasteiger partial charge in [0.05, 0.1) is 12.1 Å². The summed E-state index contributed by atoms with van der Waals surface area (Å²) in [6.45, 7) is 5.16.